The van der Waals surface area contributed by atoms with Gasteiger partial charge in [-0.3, -0.25) is 0 Å². The lowest BCUT2D eigenvalue weighted by atomic mass is 9.79. The van der Waals surface area contributed by atoms with Crippen LogP contribution >= 0.6 is 0 Å². The molecule has 1 aromatic carbocycles. The molecule has 2 nitrogen and oxygen atoms in total. The first-order chi connectivity index (χ1) is 12.8. The molecule has 1 aromatic rings. The molecule has 0 aliphatic heterocycles. The predicted molar refractivity (Wildman–Crippen MR) is 107 cm³/mol. The van der Waals surface area contributed by atoms with Gasteiger partial charge in [0.2, 0.25) is 0 Å². The molecule has 2 heteroatoms. The highest BCUT2D eigenvalue weighted by atomic mass is 16.5. The lowest BCUT2D eigenvalue weighted by Gasteiger charge is -2.32. The third-order valence-corrected chi connectivity index (χ3v) is 6.44. The van der Waals surface area contributed by atoms with Gasteiger partial charge in [0.25, 0.3) is 0 Å². The zero-order valence-electron chi connectivity index (χ0n) is 16.2. The predicted octanol–water partition coefficient (Wildman–Crippen LogP) is 6.18. The Hall–Kier alpha value is -1.59. The van der Waals surface area contributed by atoms with Crippen LogP contribution in [0.5, 0.6) is 0 Å². The van der Waals surface area contributed by atoms with Crippen LogP contribution < -0.4 is 0 Å². The lowest BCUT2D eigenvalue weighted by Crippen LogP contribution is -2.25. The van der Waals surface area contributed by atoms with Crippen molar-refractivity contribution in [2.24, 2.45) is 11.8 Å². The van der Waals surface area contributed by atoms with E-state index in [0.29, 0.717) is 12.0 Å². The minimum absolute atomic E-state index is 0.445. The molecule has 0 N–H and O–H groups in total. The Morgan fingerprint density at radius 3 is 2.31 bits per heavy atom. The third kappa shape index (κ3) is 5.45. The summed E-state index contributed by atoms with van der Waals surface area (Å²) < 4.78 is 6.26. The largest absolute Gasteiger partial charge is 0.378 e. The summed E-state index contributed by atoms with van der Waals surface area (Å²) in [4.78, 5) is 0. The monoisotopic (exact) mass is 351 g/mol. The van der Waals surface area contributed by atoms with E-state index >= 15 is 0 Å². The standard InChI is InChI=1S/C24H33NO/c1-2-19-5-11-22(12-6-19)23-13-7-21(8-14-23)18-26-24-15-9-20(10-16-24)4-3-17-25/h3-6,11-12,20-21,23-24H,2,7-10,13-16,18H2,1H3/b4-3+/t20-,21-,23-,24-. The van der Waals surface area contributed by atoms with Crippen LogP contribution in [-0.2, 0) is 11.2 Å². The number of allylic oxidation sites excluding steroid dienone is 2. The second-order valence-electron chi connectivity index (χ2n) is 8.17. The van der Waals surface area contributed by atoms with Crippen LogP contribution in [0.4, 0.5) is 0 Å². The van der Waals surface area contributed by atoms with E-state index in [9.17, 15) is 0 Å². The van der Waals surface area contributed by atoms with E-state index in [1.54, 1.807) is 6.08 Å². The molecule has 0 radical (unpaired) electrons. The van der Waals surface area contributed by atoms with E-state index in [2.05, 4.69) is 43.3 Å². The van der Waals surface area contributed by atoms with Crippen molar-refractivity contribution in [2.75, 3.05) is 6.61 Å². The Morgan fingerprint density at radius 2 is 1.69 bits per heavy atom. The number of aryl methyl sites for hydroxylation is 1. The molecule has 0 spiro atoms. The highest BCUT2D eigenvalue weighted by Crippen LogP contribution is 2.36. The fraction of sp³-hybridized carbons (Fsp3) is 0.625. The third-order valence-electron chi connectivity index (χ3n) is 6.44. The van der Waals surface area contributed by atoms with Gasteiger partial charge in [0.1, 0.15) is 0 Å². The highest BCUT2D eigenvalue weighted by molar-refractivity contribution is 5.25. The molecular weight excluding hydrogens is 318 g/mol. The molecule has 0 bridgehead atoms. The summed E-state index contributed by atoms with van der Waals surface area (Å²) in [6.45, 7) is 3.17. The molecule has 2 aliphatic rings. The van der Waals surface area contributed by atoms with Crippen molar-refractivity contribution in [1.29, 1.82) is 5.26 Å². The van der Waals surface area contributed by atoms with Gasteiger partial charge < -0.3 is 4.74 Å². The average Bonchev–Trinajstić information content (AvgIpc) is 2.72. The van der Waals surface area contributed by atoms with Crippen molar-refractivity contribution >= 4 is 0 Å². The quantitative estimate of drug-likeness (QED) is 0.573. The van der Waals surface area contributed by atoms with E-state index in [0.717, 1.165) is 37.7 Å². The maximum Gasteiger partial charge on any atom is 0.0908 e. The van der Waals surface area contributed by atoms with Gasteiger partial charge >= 0.3 is 0 Å². The second kappa shape index (κ2) is 9.93. The van der Waals surface area contributed by atoms with Gasteiger partial charge in [-0.15, -0.1) is 0 Å². The van der Waals surface area contributed by atoms with Gasteiger partial charge in [0.05, 0.1) is 12.2 Å². The van der Waals surface area contributed by atoms with Crippen LogP contribution in [-0.4, -0.2) is 12.7 Å². The zero-order chi connectivity index (χ0) is 18.2. The average molecular weight is 352 g/mol. The van der Waals surface area contributed by atoms with Crippen molar-refractivity contribution in [3.05, 3.63) is 47.5 Å². The van der Waals surface area contributed by atoms with Gasteiger partial charge in [0, 0.05) is 12.7 Å². The Morgan fingerprint density at radius 1 is 1.00 bits per heavy atom. The smallest absolute Gasteiger partial charge is 0.0908 e. The Balaban J connectivity index is 1.35. The minimum Gasteiger partial charge on any atom is -0.378 e. The van der Waals surface area contributed by atoms with Crippen LogP contribution in [0, 0.1) is 23.2 Å². The number of hydrogen-bond donors (Lipinski definition) is 0. The summed E-state index contributed by atoms with van der Waals surface area (Å²) >= 11 is 0. The first kappa shape index (κ1) is 19.2. The Kier molecular flexibility index (Phi) is 7.32. The maximum atomic E-state index is 8.63. The summed E-state index contributed by atoms with van der Waals surface area (Å²) in [6.07, 6.45) is 15.2. The van der Waals surface area contributed by atoms with Gasteiger partial charge in [0.15, 0.2) is 0 Å². The highest BCUT2D eigenvalue weighted by Gasteiger charge is 2.25. The molecular formula is C24H33NO. The molecule has 2 aliphatic carbocycles. The van der Waals surface area contributed by atoms with Gasteiger partial charge in [-0.2, -0.15) is 5.26 Å². The lowest BCUT2D eigenvalue weighted by molar-refractivity contribution is -0.00456. The summed E-state index contributed by atoms with van der Waals surface area (Å²) in [6, 6.07) is 11.4. The van der Waals surface area contributed by atoms with E-state index in [-0.39, 0.29) is 0 Å². The summed E-state index contributed by atoms with van der Waals surface area (Å²) in [5, 5.41) is 8.63. The maximum absolute atomic E-state index is 8.63. The molecule has 140 valence electrons. The molecule has 0 unspecified atom stereocenters. The molecule has 26 heavy (non-hydrogen) atoms. The molecule has 3 rings (SSSR count). The number of benzene rings is 1. The van der Waals surface area contributed by atoms with Crippen molar-refractivity contribution < 1.29 is 4.74 Å². The number of rotatable bonds is 6. The molecule has 0 amide bonds. The number of hydrogen-bond acceptors (Lipinski definition) is 2. The van der Waals surface area contributed by atoms with Crippen molar-refractivity contribution in [1.82, 2.24) is 0 Å². The normalized spacial score (nSPS) is 29.5. The zero-order valence-corrected chi connectivity index (χ0v) is 16.2. The SMILES string of the molecule is CCc1ccc([C@H]2CC[C@H](CO[C@H]3CC[C@H](/C=C/C#N)CC3)CC2)cc1. The molecule has 0 aromatic heterocycles. The van der Waals surface area contributed by atoms with Crippen LogP contribution in [0.3, 0.4) is 0 Å². The van der Waals surface area contributed by atoms with Gasteiger partial charge in [-0.05, 0) is 86.7 Å². The Bertz CT molecular complexity index is 596. The molecule has 0 atom stereocenters. The minimum atomic E-state index is 0.445. The number of ether oxygens (including phenoxy) is 1. The first-order valence-electron chi connectivity index (χ1n) is 10.5. The topological polar surface area (TPSA) is 33.0 Å². The fourth-order valence-electron chi connectivity index (χ4n) is 4.59. The van der Waals surface area contributed by atoms with Crippen LogP contribution in [0.25, 0.3) is 0 Å². The molecule has 0 saturated heterocycles. The molecule has 2 fully saturated rings. The van der Waals surface area contributed by atoms with Crippen molar-refractivity contribution in [3.8, 4) is 6.07 Å². The van der Waals surface area contributed by atoms with Crippen LogP contribution in [0.2, 0.25) is 0 Å². The van der Waals surface area contributed by atoms with Crippen molar-refractivity contribution in [2.45, 2.75) is 76.7 Å². The summed E-state index contributed by atoms with van der Waals surface area (Å²) in [5.41, 5.74) is 2.97. The van der Waals surface area contributed by atoms with Crippen LogP contribution in [0.15, 0.2) is 36.4 Å². The van der Waals surface area contributed by atoms with Crippen molar-refractivity contribution in [3.63, 3.8) is 0 Å². The van der Waals surface area contributed by atoms with Gasteiger partial charge in [-0.1, -0.05) is 37.3 Å². The second-order valence-corrected chi connectivity index (χ2v) is 8.17. The van der Waals surface area contributed by atoms with E-state index in [1.165, 1.54) is 49.7 Å². The van der Waals surface area contributed by atoms with Crippen LogP contribution in [0.1, 0.15) is 75.3 Å². The molecule has 2 saturated carbocycles. The summed E-state index contributed by atoms with van der Waals surface area (Å²) in [5.74, 6) is 2.08. The number of nitrogens with zero attached hydrogens (tertiary/aromatic N) is 1. The summed E-state index contributed by atoms with van der Waals surface area (Å²) in [7, 11) is 0. The Labute approximate surface area is 159 Å². The van der Waals surface area contributed by atoms with E-state index < -0.39 is 0 Å². The fourth-order valence-corrected chi connectivity index (χ4v) is 4.59. The van der Waals surface area contributed by atoms with E-state index in [4.69, 9.17) is 10.00 Å². The van der Waals surface area contributed by atoms with Gasteiger partial charge in [-0.25, -0.2) is 0 Å². The molecule has 0 heterocycles. The van der Waals surface area contributed by atoms with E-state index in [1.807, 2.05) is 0 Å². The number of nitriles is 1. The first-order valence-corrected chi connectivity index (χ1v) is 10.5.